The summed E-state index contributed by atoms with van der Waals surface area (Å²) in [5.41, 5.74) is -0.281. The van der Waals surface area contributed by atoms with E-state index in [4.69, 9.17) is 14.2 Å². The zero-order valence-corrected chi connectivity index (χ0v) is 30.5. The topological polar surface area (TPSA) is 94.3 Å². The number of aromatic nitrogens is 3. The van der Waals surface area contributed by atoms with E-state index in [9.17, 15) is 18.0 Å². The van der Waals surface area contributed by atoms with Gasteiger partial charge in [0.25, 0.3) is 5.91 Å². The second-order valence-electron chi connectivity index (χ2n) is 12.7. The number of halogens is 4. The number of alkyl halides is 4. The number of fused-ring (bicyclic) bond motifs is 1. The molecule has 0 aliphatic carbocycles. The van der Waals surface area contributed by atoms with Gasteiger partial charge in [0.15, 0.2) is 0 Å². The van der Waals surface area contributed by atoms with Crippen LogP contribution in [-0.4, -0.2) is 95.9 Å². The number of pyridine rings is 1. The minimum absolute atomic E-state index is 0.0190. The van der Waals surface area contributed by atoms with Crippen LogP contribution in [0.5, 0.6) is 5.75 Å². The fraction of sp³-hybridized carbons (Fsp3) is 0.459. The smallest absolute Gasteiger partial charge is 0.447 e. The normalized spacial score (nSPS) is 16.3. The van der Waals surface area contributed by atoms with Crippen LogP contribution in [0.15, 0.2) is 72.2 Å². The van der Waals surface area contributed by atoms with Gasteiger partial charge in [-0.25, -0.2) is 4.39 Å². The third-order valence-corrected chi connectivity index (χ3v) is 9.50. The molecule has 4 heterocycles. The Morgan fingerprint density at radius 2 is 1.90 bits per heavy atom. The van der Waals surface area contributed by atoms with Gasteiger partial charge in [0.2, 0.25) is 0 Å². The van der Waals surface area contributed by atoms with Gasteiger partial charge in [-0.1, -0.05) is 25.1 Å². The average molecular weight is 747 g/mol. The molecular weight excluding hydrogens is 701 g/mol. The lowest BCUT2D eigenvalue weighted by Crippen LogP contribution is -2.49. The number of carbonyl (C=O) groups is 1. The number of ether oxygens (including phenoxy) is 3. The van der Waals surface area contributed by atoms with Crippen molar-refractivity contribution < 1.29 is 36.6 Å². The number of methoxy groups -OCH3 is 1. The van der Waals surface area contributed by atoms with Crippen molar-refractivity contribution in [3.05, 3.63) is 83.8 Å². The molecule has 1 saturated heterocycles. The van der Waals surface area contributed by atoms with E-state index >= 15 is 4.39 Å². The molecule has 1 aliphatic heterocycles. The molecule has 1 amide bonds. The van der Waals surface area contributed by atoms with E-state index in [2.05, 4.69) is 22.3 Å². The summed E-state index contributed by atoms with van der Waals surface area (Å²) >= 11 is -0.189. The molecule has 0 spiro atoms. The second-order valence-corrected chi connectivity index (χ2v) is 13.8. The zero-order valence-electron chi connectivity index (χ0n) is 29.7. The Labute approximate surface area is 305 Å². The van der Waals surface area contributed by atoms with Gasteiger partial charge in [-0.15, -0.1) is 0 Å². The first-order valence-electron chi connectivity index (χ1n) is 17.3. The summed E-state index contributed by atoms with van der Waals surface area (Å²) in [5.74, 6) is 0.342. The summed E-state index contributed by atoms with van der Waals surface area (Å²) in [4.78, 5) is 14.7. The Morgan fingerprint density at radius 1 is 1.12 bits per heavy atom. The van der Waals surface area contributed by atoms with Crippen molar-refractivity contribution in [1.82, 2.24) is 19.1 Å². The third-order valence-electron chi connectivity index (χ3n) is 8.61. The number of rotatable bonds is 18. The number of likely N-dealkylation sites (tertiary alicyclic amines) is 1. The number of thioether (sulfide) groups is 1. The number of carbonyl (C=O) groups excluding carboxylic acids is 1. The lowest BCUT2D eigenvalue weighted by Gasteiger charge is -2.35. The van der Waals surface area contributed by atoms with Crippen molar-refractivity contribution in [3.63, 3.8) is 0 Å². The highest BCUT2D eigenvalue weighted by Crippen LogP contribution is 2.42. The van der Waals surface area contributed by atoms with Crippen molar-refractivity contribution in [2.24, 2.45) is 0 Å². The number of hydrogen-bond donors (Lipinski definition) is 2. The molecule has 52 heavy (non-hydrogen) atoms. The number of amides is 1. The summed E-state index contributed by atoms with van der Waals surface area (Å²) in [6, 6.07) is 10.1. The highest BCUT2D eigenvalue weighted by Gasteiger charge is 2.34. The standard InChI is InChI=1S/C37H46F4N6O4S/c1-5-14-50-16-17-51-15-13-46-23-28(22-43-46)35(48)45-12-10-30(29(38)24-45)44-31-7-6-11-47-33(31)20-27(36(47)52-37(39,40)41)18-26(3)21-42-32-9-8-25(2)19-34(32)49-4/h6-9,11,19-20,22-23,29-30,42,44H,3,5,10,12-18,21,24H2,1-2,4H3/t29-,30+/m0/s1. The van der Waals surface area contributed by atoms with Crippen LogP contribution < -0.4 is 15.4 Å². The molecule has 2 N–H and O–H groups in total. The largest absolute Gasteiger partial charge is 0.495 e. The SMILES string of the molecule is C=C(CNc1ccc(C)cc1OC)Cc1cc2c(N[C@@H]3CCN(C(=O)c4cnn(CCOCCOCCC)c4)C[C@@H]3F)cccn2c1SC(F)(F)F. The number of benzene rings is 1. The van der Waals surface area contributed by atoms with E-state index in [1.165, 1.54) is 15.5 Å². The summed E-state index contributed by atoms with van der Waals surface area (Å²) in [5, 5.41) is 10.8. The number of hydrogen-bond acceptors (Lipinski definition) is 8. The Hall–Kier alpha value is -4.21. The fourth-order valence-electron chi connectivity index (χ4n) is 6.05. The highest BCUT2D eigenvalue weighted by molar-refractivity contribution is 8.00. The van der Waals surface area contributed by atoms with Crippen LogP contribution in [0, 0.1) is 6.92 Å². The molecule has 0 bridgehead atoms. The summed E-state index contributed by atoms with van der Waals surface area (Å²) in [7, 11) is 1.57. The zero-order chi connectivity index (χ0) is 37.3. The number of aryl methyl sites for hydroxylation is 1. The van der Waals surface area contributed by atoms with E-state index in [0.717, 1.165) is 17.7 Å². The van der Waals surface area contributed by atoms with Gasteiger partial charge < -0.3 is 34.1 Å². The second kappa shape index (κ2) is 18.0. The summed E-state index contributed by atoms with van der Waals surface area (Å²) in [6.07, 6.45) is 4.68. The molecule has 4 aromatic rings. The minimum Gasteiger partial charge on any atom is -0.495 e. The molecule has 282 valence electrons. The molecule has 15 heteroatoms. The predicted octanol–water partition coefficient (Wildman–Crippen LogP) is 7.38. The van der Waals surface area contributed by atoms with Crippen molar-refractivity contribution in [1.29, 1.82) is 0 Å². The highest BCUT2D eigenvalue weighted by atomic mass is 32.2. The molecule has 10 nitrogen and oxygen atoms in total. The molecule has 2 atom stereocenters. The minimum atomic E-state index is -4.53. The lowest BCUT2D eigenvalue weighted by atomic mass is 10.0. The molecule has 5 rings (SSSR count). The van der Waals surface area contributed by atoms with E-state index in [1.54, 1.807) is 42.4 Å². The summed E-state index contributed by atoms with van der Waals surface area (Å²) in [6.45, 7) is 11.2. The number of piperidine rings is 1. The maximum absolute atomic E-state index is 15.7. The maximum Gasteiger partial charge on any atom is 0.447 e. The van der Waals surface area contributed by atoms with E-state index in [0.29, 0.717) is 86.1 Å². The Kier molecular flexibility index (Phi) is 13.5. The van der Waals surface area contributed by atoms with Crippen molar-refractivity contribution in [3.8, 4) is 5.75 Å². The predicted molar refractivity (Wildman–Crippen MR) is 195 cm³/mol. The molecular formula is C37H46F4N6O4S. The van der Waals surface area contributed by atoms with Crippen molar-refractivity contribution in [2.45, 2.75) is 62.4 Å². The fourth-order valence-corrected chi connectivity index (χ4v) is 6.79. The molecule has 0 unspecified atom stereocenters. The Bertz CT molecular complexity index is 1810. The number of nitrogens with one attached hydrogen (secondary N) is 2. The third kappa shape index (κ3) is 10.4. The first-order valence-corrected chi connectivity index (χ1v) is 18.1. The van der Waals surface area contributed by atoms with Crippen molar-refractivity contribution >= 4 is 34.6 Å². The van der Waals surface area contributed by atoms with Gasteiger partial charge in [-0.2, -0.15) is 18.3 Å². The Morgan fingerprint density at radius 3 is 2.63 bits per heavy atom. The van der Waals surface area contributed by atoms with E-state index in [-0.39, 0.29) is 35.7 Å². The van der Waals surface area contributed by atoms with Crippen LogP contribution in [0.1, 0.15) is 41.3 Å². The first-order chi connectivity index (χ1) is 25.0. The number of nitrogens with zero attached hydrogens (tertiary/aromatic N) is 4. The lowest BCUT2D eigenvalue weighted by molar-refractivity contribution is -0.0330. The molecule has 1 aliphatic rings. The molecule has 1 fully saturated rings. The van der Waals surface area contributed by atoms with Gasteiger partial charge in [0.05, 0.1) is 79.7 Å². The van der Waals surface area contributed by atoms with E-state index in [1.807, 2.05) is 32.0 Å². The van der Waals surface area contributed by atoms with Gasteiger partial charge in [0.1, 0.15) is 11.9 Å². The quantitative estimate of drug-likeness (QED) is 0.0472. The van der Waals surface area contributed by atoms with Crippen LogP contribution >= 0.6 is 11.8 Å². The van der Waals surface area contributed by atoms with Crippen LogP contribution in [-0.2, 0) is 22.4 Å². The summed E-state index contributed by atoms with van der Waals surface area (Å²) < 4.78 is 76.6. The maximum atomic E-state index is 15.7. The van der Waals surface area contributed by atoms with Gasteiger partial charge >= 0.3 is 5.51 Å². The average Bonchev–Trinajstić information content (AvgIpc) is 3.72. The first kappa shape index (κ1) is 39.0. The molecule has 1 aromatic carbocycles. The van der Waals surface area contributed by atoms with Gasteiger partial charge in [-0.05, 0) is 67.6 Å². The van der Waals surface area contributed by atoms with Crippen molar-refractivity contribution in [2.75, 3.05) is 63.8 Å². The van der Waals surface area contributed by atoms with Crippen LogP contribution in [0.3, 0.4) is 0 Å². The molecule has 0 radical (unpaired) electrons. The van der Waals surface area contributed by atoms with E-state index < -0.39 is 17.7 Å². The van der Waals surface area contributed by atoms with Gasteiger partial charge in [0, 0.05) is 43.9 Å². The molecule has 3 aromatic heterocycles. The van der Waals surface area contributed by atoms with Crippen LogP contribution in [0.4, 0.5) is 28.9 Å². The molecule has 0 saturated carbocycles. The van der Waals surface area contributed by atoms with Crippen LogP contribution in [0.2, 0.25) is 0 Å². The monoisotopic (exact) mass is 746 g/mol. The van der Waals surface area contributed by atoms with Gasteiger partial charge in [-0.3, -0.25) is 9.48 Å². The number of anilines is 2. The van der Waals surface area contributed by atoms with Crippen LogP contribution in [0.25, 0.3) is 5.52 Å². The Balaban J connectivity index is 1.21.